The quantitative estimate of drug-likeness (QED) is 0.849. The van der Waals surface area contributed by atoms with Gasteiger partial charge in [0, 0.05) is 5.69 Å². The number of para-hydroxylation sites is 1. The SMILES string of the molecule is Cc1cccc(C)c1NC(=O)CS(=O)(=O)C(C)C(=O)O. The molecule has 0 spiro atoms. The van der Waals surface area contributed by atoms with Gasteiger partial charge in [-0.05, 0) is 31.9 Å². The van der Waals surface area contributed by atoms with Gasteiger partial charge in [0.25, 0.3) is 0 Å². The topological polar surface area (TPSA) is 101 Å². The van der Waals surface area contributed by atoms with E-state index in [0.717, 1.165) is 18.1 Å². The van der Waals surface area contributed by atoms with Gasteiger partial charge in [0.1, 0.15) is 5.75 Å². The Morgan fingerprint density at radius 2 is 1.75 bits per heavy atom. The van der Waals surface area contributed by atoms with E-state index in [4.69, 9.17) is 5.11 Å². The van der Waals surface area contributed by atoms with Crippen molar-refractivity contribution in [3.05, 3.63) is 29.3 Å². The normalized spacial score (nSPS) is 12.8. The lowest BCUT2D eigenvalue weighted by Crippen LogP contribution is -2.34. The summed E-state index contributed by atoms with van der Waals surface area (Å²) in [5, 5.41) is 9.61. The minimum atomic E-state index is -4.02. The standard InChI is InChI=1S/C13H17NO5S/c1-8-5-4-6-9(2)12(8)14-11(15)7-20(18,19)10(3)13(16)17/h4-6,10H,7H2,1-3H3,(H,14,15)(H,16,17). The zero-order valence-corrected chi connectivity index (χ0v) is 12.3. The summed E-state index contributed by atoms with van der Waals surface area (Å²) in [5.41, 5.74) is 2.17. The van der Waals surface area contributed by atoms with Gasteiger partial charge in [-0.1, -0.05) is 18.2 Å². The molecule has 0 radical (unpaired) electrons. The zero-order valence-electron chi connectivity index (χ0n) is 11.5. The van der Waals surface area contributed by atoms with Gasteiger partial charge in [-0.15, -0.1) is 0 Å². The highest BCUT2D eigenvalue weighted by molar-refractivity contribution is 7.93. The van der Waals surface area contributed by atoms with Crippen molar-refractivity contribution in [2.45, 2.75) is 26.0 Å². The zero-order chi connectivity index (χ0) is 15.5. The number of rotatable bonds is 5. The van der Waals surface area contributed by atoms with E-state index in [1.54, 1.807) is 26.0 Å². The maximum absolute atomic E-state index is 11.8. The van der Waals surface area contributed by atoms with E-state index >= 15 is 0 Å². The van der Waals surface area contributed by atoms with E-state index in [9.17, 15) is 18.0 Å². The number of nitrogens with one attached hydrogen (secondary N) is 1. The number of carboxylic acids is 1. The van der Waals surface area contributed by atoms with Gasteiger partial charge in [-0.2, -0.15) is 0 Å². The van der Waals surface area contributed by atoms with E-state index in [-0.39, 0.29) is 0 Å². The largest absolute Gasteiger partial charge is 0.480 e. The molecule has 0 fully saturated rings. The van der Waals surface area contributed by atoms with Crippen LogP contribution in [0.4, 0.5) is 5.69 Å². The fourth-order valence-electron chi connectivity index (χ4n) is 1.65. The number of anilines is 1. The molecule has 2 N–H and O–H groups in total. The van der Waals surface area contributed by atoms with E-state index in [1.165, 1.54) is 0 Å². The molecule has 1 amide bonds. The molecule has 0 saturated carbocycles. The molecular weight excluding hydrogens is 282 g/mol. The second-order valence-electron chi connectivity index (χ2n) is 4.60. The average molecular weight is 299 g/mol. The Morgan fingerprint density at radius 1 is 1.25 bits per heavy atom. The molecule has 1 atom stereocenters. The van der Waals surface area contributed by atoms with E-state index in [1.807, 2.05) is 6.07 Å². The van der Waals surface area contributed by atoms with Crippen LogP contribution in [0.2, 0.25) is 0 Å². The second-order valence-corrected chi connectivity index (χ2v) is 6.92. The fraction of sp³-hybridized carbons (Fsp3) is 0.385. The summed E-state index contributed by atoms with van der Waals surface area (Å²) in [6.45, 7) is 4.62. The van der Waals surface area contributed by atoms with Gasteiger partial charge in [-0.3, -0.25) is 9.59 Å². The van der Waals surface area contributed by atoms with Crippen LogP contribution in [0, 0.1) is 13.8 Å². The number of hydrogen-bond donors (Lipinski definition) is 2. The highest BCUT2D eigenvalue weighted by atomic mass is 32.2. The Hall–Kier alpha value is -1.89. The molecule has 1 rings (SSSR count). The maximum atomic E-state index is 11.8. The van der Waals surface area contributed by atoms with Crippen molar-refractivity contribution in [3.63, 3.8) is 0 Å². The van der Waals surface area contributed by atoms with Crippen molar-refractivity contribution in [3.8, 4) is 0 Å². The second kappa shape index (κ2) is 6.04. The Morgan fingerprint density at radius 3 is 2.20 bits per heavy atom. The van der Waals surface area contributed by atoms with E-state index in [2.05, 4.69) is 5.32 Å². The lowest BCUT2D eigenvalue weighted by Gasteiger charge is -2.12. The molecule has 1 aromatic rings. The lowest BCUT2D eigenvalue weighted by atomic mass is 10.1. The third-order valence-electron chi connectivity index (χ3n) is 2.96. The van der Waals surface area contributed by atoms with E-state index in [0.29, 0.717) is 5.69 Å². The van der Waals surface area contributed by atoms with Crippen molar-refractivity contribution >= 4 is 27.4 Å². The van der Waals surface area contributed by atoms with Crippen LogP contribution in [0.5, 0.6) is 0 Å². The number of sulfone groups is 1. The van der Waals surface area contributed by atoms with Crippen molar-refractivity contribution < 1.29 is 23.1 Å². The summed E-state index contributed by atoms with van der Waals surface area (Å²) < 4.78 is 23.4. The predicted octanol–water partition coefficient (Wildman–Crippen LogP) is 1.13. The molecular formula is C13H17NO5S. The van der Waals surface area contributed by atoms with Crippen LogP contribution in [0.3, 0.4) is 0 Å². The summed E-state index contributed by atoms with van der Waals surface area (Å²) >= 11 is 0. The van der Waals surface area contributed by atoms with Crippen LogP contribution in [-0.4, -0.2) is 36.4 Å². The Balaban J connectivity index is 2.86. The van der Waals surface area contributed by atoms with Gasteiger partial charge in [-0.25, -0.2) is 8.42 Å². The number of benzene rings is 1. The minimum Gasteiger partial charge on any atom is -0.480 e. The van der Waals surface area contributed by atoms with Crippen molar-refractivity contribution in [2.75, 3.05) is 11.1 Å². The molecule has 0 aliphatic heterocycles. The Bertz CT molecular complexity index is 616. The van der Waals surface area contributed by atoms with Gasteiger partial charge in [0.2, 0.25) is 5.91 Å². The fourth-order valence-corrected chi connectivity index (χ4v) is 2.64. The molecule has 0 bridgehead atoms. The third kappa shape index (κ3) is 3.80. The van der Waals surface area contributed by atoms with Gasteiger partial charge >= 0.3 is 5.97 Å². The molecule has 0 aromatic heterocycles. The number of amides is 1. The number of carbonyl (C=O) groups excluding carboxylic acids is 1. The van der Waals surface area contributed by atoms with Crippen LogP contribution >= 0.6 is 0 Å². The number of hydrogen-bond acceptors (Lipinski definition) is 4. The molecule has 1 unspecified atom stereocenters. The molecule has 0 heterocycles. The van der Waals surface area contributed by atoms with Crippen LogP contribution in [0.15, 0.2) is 18.2 Å². The van der Waals surface area contributed by atoms with Crippen molar-refractivity contribution in [1.82, 2.24) is 0 Å². The van der Waals surface area contributed by atoms with Gasteiger partial charge in [0.15, 0.2) is 15.1 Å². The van der Waals surface area contributed by atoms with Gasteiger partial charge in [0.05, 0.1) is 0 Å². The molecule has 0 aliphatic rings. The maximum Gasteiger partial charge on any atom is 0.321 e. The first-order chi connectivity index (χ1) is 9.15. The molecule has 110 valence electrons. The van der Waals surface area contributed by atoms with Crippen molar-refractivity contribution in [1.29, 1.82) is 0 Å². The monoisotopic (exact) mass is 299 g/mol. The third-order valence-corrected chi connectivity index (χ3v) is 4.91. The number of aryl methyl sites for hydroxylation is 2. The summed E-state index contributed by atoms with van der Waals surface area (Å²) in [4.78, 5) is 22.5. The van der Waals surface area contributed by atoms with Crippen LogP contribution in [-0.2, 0) is 19.4 Å². The molecule has 6 nitrogen and oxygen atoms in total. The highest BCUT2D eigenvalue weighted by Crippen LogP contribution is 2.19. The lowest BCUT2D eigenvalue weighted by molar-refractivity contribution is -0.136. The smallest absolute Gasteiger partial charge is 0.321 e. The summed E-state index contributed by atoms with van der Waals surface area (Å²) in [5.74, 6) is -3.06. The minimum absolute atomic E-state index is 0.552. The number of carboxylic acid groups (broad SMARTS) is 1. The summed E-state index contributed by atoms with van der Waals surface area (Å²) in [6.07, 6.45) is 0. The molecule has 0 aliphatic carbocycles. The van der Waals surface area contributed by atoms with Crippen LogP contribution < -0.4 is 5.32 Å². The number of carbonyl (C=O) groups is 2. The molecule has 7 heteroatoms. The van der Waals surface area contributed by atoms with Crippen LogP contribution in [0.25, 0.3) is 0 Å². The molecule has 1 aromatic carbocycles. The molecule has 0 saturated heterocycles. The average Bonchev–Trinajstić information content (AvgIpc) is 2.32. The first kappa shape index (κ1) is 16.2. The summed E-state index contributed by atoms with van der Waals surface area (Å²) in [6, 6.07) is 5.40. The van der Waals surface area contributed by atoms with Gasteiger partial charge < -0.3 is 10.4 Å². The first-order valence-corrected chi connectivity index (χ1v) is 7.67. The summed E-state index contributed by atoms with van der Waals surface area (Å²) in [7, 11) is -4.02. The Kier molecular flexibility index (Phi) is 4.88. The Labute approximate surface area is 117 Å². The van der Waals surface area contributed by atoms with Crippen molar-refractivity contribution in [2.24, 2.45) is 0 Å². The predicted molar refractivity (Wildman–Crippen MR) is 75.4 cm³/mol. The van der Waals surface area contributed by atoms with Crippen LogP contribution in [0.1, 0.15) is 18.1 Å². The van der Waals surface area contributed by atoms with E-state index < -0.39 is 32.7 Å². The first-order valence-electron chi connectivity index (χ1n) is 5.95. The highest BCUT2D eigenvalue weighted by Gasteiger charge is 2.30. The molecule has 20 heavy (non-hydrogen) atoms. The number of aliphatic carboxylic acids is 1.